The summed E-state index contributed by atoms with van der Waals surface area (Å²) in [7, 11) is -3.12. The lowest BCUT2D eigenvalue weighted by atomic mass is 10.2. The molecule has 3 atom stereocenters. The number of benzene rings is 1. The lowest BCUT2D eigenvalue weighted by Gasteiger charge is -2.24. The van der Waals surface area contributed by atoms with Crippen molar-refractivity contribution in [2.45, 2.75) is 30.2 Å². The van der Waals surface area contributed by atoms with Gasteiger partial charge in [-0.05, 0) is 37.1 Å². The van der Waals surface area contributed by atoms with Gasteiger partial charge in [-0.15, -0.1) is 0 Å². The molecular formula is C16H17FN2O4S2. The molecule has 0 spiro atoms. The second-order valence-electron chi connectivity index (χ2n) is 6.38. The van der Waals surface area contributed by atoms with Crippen LogP contribution in [0.1, 0.15) is 12.8 Å². The zero-order valence-corrected chi connectivity index (χ0v) is 14.9. The summed E-state index contributed by atoms with van der Waals surface area (Å²) in [6, 6.07) is 5.49. The third-order valence-corrected chi connectivity index (χ3v) is 7.79. The number of carbonyl (C=O) groups is 1. The van der Waals surface area contributed by atoms with Gasteiger partial charge in [0, 0.05) is 17.5 Å². The minimum Gasteiger partial charge on any atom is -0.368 e. The number of ether oxygens (including phenoxy) is 1. The predicted octanol–water partition coefficient (Wildman–Crippen LogP) is 1.61. The summed E-state index contributed by atoms with van der Waals surface area (Å²) in [5.41, 5.74) is 0.636. The molecule has 1 amide bonds. The Morgan fingerprint density at radius 2 is 2.04 bits per heavy atom. The SMILES string of the molecule is O=C(N=C1SC2CS(=O)(=O)CC2N1c1ccc(F)cc1)C1CCCO1. The third kappa shape index (κ3) is 3.32. The average Bonchev–Trinajstić information content (AvgIpc) is 3.23. The number of hydrogen-bond donors (Lipinski definition) is 0. The second-order valence-corrected chi connectivity index (χ2v) is 9.74. The standard InChI is InChI=1S/C16H17FN2O4S2/c17-10-3-5-11(6-4-10)19-12-8-25(21,22)9-14(12)24-16(19)18-15(20)13-2-1-7-23-13/h3-6,12-14H,1-2,7-9H2. The molecule has 0 aliphatic carbocycles. The monoisotopic (exact) mass is 384 g/mol. The van der Waals surface area contributed by atoms with E-state index in [1.807, 2.05) is 0 Å². The van der Waals surface area contributed by atoms with Crippen LogP contribution < -0.4 is 4.90 Å². The van der Waals surface area contributed by atoms with Crippen LogP contribution in [0.15, 0.2) is 29.3 Å². The van der Waals surface area contributed by atoms with Crippen LogP contribution in [0.2, 0.25) is 0 Å². The number of amides is 1. The van der Waals surface area contributed by atoms with E-state index < -0.39 is 15.9 Å². The van der Waals surface area contributed by atoms with Crippen molar-refractivity contribution in [2.24, 2.45) is 4.99 Å². The molecule has 0 N–H and O–H groups in total. The van der Waals surface area contributed by atoms with Crippen molar-refractivity contribution in [3.8, 4) is 0 Å². The fraction of sp³-hybridized carbons (Fsp3) is 0.500. The minimum atomic E-state index is -3.12. The molecule has 0 saturated carbocycles. The molecule has 0 radical (unpaired) electrons. The van der Waals surface area contributed by atoms with E-state index >= 15 is 0 Å². The van der Waals surface area contributed by atoms with Crippen LogP contribution >= 0.6 is 11.8 Å². The molecule has 0 bridgehead atoms. The molecule has 9 heteroatoms. The number of anilines is 1. The van der Waals surface area contributed by atoms with Crippen molar-refractivity contribution in [3.63, 3.8) is 0 Å². The smallest absolute Gasteiger partial charge is 0.277 e. The largest absolute Gasteiger partial charge is 0.368 e. The maximum atomic E-state index is 13.3. The fourth-order valence-electron chi connectivity index (χ4n) is 3.41. The number of halogens is 1. The van der Waals surface area contributed by atoms with E-state index in [2.05, 4.69) is 4.99 Å². The van der Waals surface area contributed by atoms with Gasteiger partial charge >= 0.3 is 0 Å². The number of thioether (sulfide) groups is 1. The molecule has 3 unspecified atom stereocenters. The van der Waals surface area contributed by atoms with Crippen molar-refractivity contribution in [2.75, 3.05) is 23.0 Å². The number of carbonyl (C=O) groups excluding carboxylic acids is 1. The first-order valence-electron chi connectivity index (χ1n) is 8.09. The van der Waals surface area contributed by atoms with Gasteiger partial charge in [-0.25, -0.2) is 12.8 Å². The lowest BCUT2D eigenvalue weighted by molar-refractivity contribution is -0.126. The summed E-state index contributed by atoms with van der Waals surface area (Å²) < 4.78 is 42.6. The fourth-order valence-corrected chi connectivity index (χ4v) is 7.33. The number of sulfone groups is 1. The van der Waals surface area contributed by atoms with Crippen molar-refractivity contribution in [1.29, 1.82) is 0 Å². The normalized spacial score (nSPS) is 32.3. The average molecular weight is 384 g/mol. The zero-order chi connectivity index (χ0) is 17.6. The Balaban J connectivity index is 1.68. The topological polar surface area (TPSA) is 76.0 Å². The van der Waals surface area contributed by atoms with Gasteiger partial charge in [0.25, 0.3) is 5.91 Å². The Morgan fingerprint density at radius 1 is 1.28 bits per heavy atom. The van der Waals surface area contributed by atoms with Gasteiger partial charge in [-0.3, -0.25) is 4.79 Å². The Hall–Kier alpha value is -1.45. The first-order chi connectivity index (χ1) is 11.9. The quantitative estimate of drug-likeness (QED) is 0.771. The summed E-state index contributed by atoms with van der Waals surface area (Å²) in [6.07, 6.45) is 0.963. The Bertz CT molecular complexity index is 819. The van der Waals surface area contributed by atoms with Crippen LogP contribution in [-0.2, 0) is 19.4 Å². The van der Waals surface area contributed by atoms with E-state index in [0.717, 1.165) is 6.42 Å². The van der Waals surface area contributed by atoms with Crippen LogP contribution in [0.25, 0.3) is 0 Å². The number of nitrogens with zero attached hydrogens (tertiary/aromatic N) is 2. The Kier molecular flexibility index (Phi) is 4.33. The molecule has 25 heavy (non-hydrogen) atoms. The van der Waals surface area contributed by atoms with Gasteiger partial charge < -0.3 is 9.64 Å². The molecule has 3 aliphatic heterocycles. The Morgan fingerprint density at radius 3 is 2.72 bits per heavy atom. The molecule has 6 nitrogen and oxygen atoms in total. The third-order valence-electron chi connectivity index (χ3n) is 4.58. The number of amidine groups is 1. The molecule has 134 valence electrons. The van der Waals surface area contributed by atoms with Crippen LogP contribution in [0.5, 0.6) is 0 Å². The van der Waals surface area contributed by atoms with E-state index in [1.165, 1.54) is 23.9 Å². The lowest BCUT2D eigenvalue weighted by Crippen LogP contribution is -2.38. The van der Waals surface area contributed by atoms with Crippen LogP contribution in [0.3, 0.4) is 0 Å². The number of hydrogen-bond acceptors (Lipinski definition) is 5. The number of fused-ring (bicyclic) bond motifs is 1. The number of aliphatic imine (C=N–C) groups is 1. The van der Waals surface area contributed by atoms with Gasteiger partial charge in [0.15, 0.2) is 15.0 Å². The van der Waals surface area contributed by atoms with Gasteiger partial charge in [0.05, 0.1) is 17.5 Å². The predicted molar refractivity (Wildman–Crippen MR) is 94.1 cm³/mol. The van der Waals surface area contributed by atoms with Crippen molar-refractivity contribution in [3.05, 3.63) is 30.1 Å². The van der Waals surface area contributed by atoms with Gasteiger partial charge in [-0.1, -0.05) is 11.8 Å². The van der Waals surface area contributed by atoms with Crippen LogP contribution in [-0.4, -0.2) is 55.0 Å². The molecule has 1 aromatic rings. The highest BCUT2D eigenvalue weighted by Crippen LogP contribution is 2.41. The van der Waals surface area contributed by atoms with Gasteiger partial charge in [-0.2, -0.15) is 4.99 Å². The van der Waals surface area contributed by atoms with Gasteiger partial charge in [0.2, 0.25) is 0 Å². The second kappa shape index (κ2) is 6.37. The highest BCUT2D eigenvalue weighted by atomic mass is 32.2. The molecular weight excluding hydrogens is 367 g/mol. The molecule has 3 aliphatic rings. The highest BCUT2D eigenvalue weighted by Gasteiger charge is 2.49. The molecule has 3 fully saturated rings. The van der Waals surface area contributed by atoms with E-state index in [-0.39, 0.29) is 34.5 Å². The van der Waals surface area contributed by atoms with E-state index in [9.17, 15) is 17.6 Å². The highest BCUT2D eigenvalue weighted by molar-refractivity contribution is 8.16. The summed E-state index contributed by atoms with van der Waals surface area (Å²) >= 11 is 1.30. The van der Waals surface area contributed by atoms with E-state index in [4.69, 9.17) is 4.74 Å². The molecule has 0 aromatic heterocycles. The summed E-state index contributed by atoms with van der Waals surface area (Å²) in [6.45, 7) is 0.555. The minimum absolute atomic E-state index is 0.00911. The van der Waals surface area contributed by atoms with E-state index in [0.29, 0.717) is 23.9 Å². The van der Waals surface area contributed by atoms with Gasteiger partial charge in [0.1, 0.15) is 11.9 Å². The molecule has 3 saturated heterocycles. The van der Waals surface area contributed by atoms with Crippen LogP contribution in [0, 0.1) is 5.82 Å². The summed E-state index contributed by atoms with van der Waals surface area (Å²) in [5.74, 6) is -0.641. The van der Waals surface area contributed by atoms with E-state index in [1.54, 1.807) is 17.0 Å². The van der Waals surface area contributed by atoms with Crippen molar-refractivity contribution >= 4 is 38.4 Å². The first-order valence-corrected chi connectivity index (χ1v) is 10.8. The molecule has 3 heterocycles. The molecule has 1 aromatic carbocycles. The summed E-state index contributed by atoms with van der Waals surface area (Å²) in [4.78, 5) is 18.3. The number of rotatable bonds is 2. The molecule has 4 rings (SSSR count). The zero-order valence-electron chi connectivity index (χ0n) is 13.3. The van der Waals surface area contributed by atoms with Crippen LogP contribution in [0.4, 0.5) is 10.1 Å². The summed E-state index contributed by atoms with van der Waals surface area (Å²) in [5, 5.41) is 0.295. The van der Waals surface area contributed by atoms with Crippen molar-refractivity contribution in [1.82, 2.24) is 0 Å². The van der Waals surface area contributed by atoms with Crippen molar-refractivity contribution < 1.29 is 22.3 Å². The maximum absolute atomic E-state index is 13.3. The first kappa shape index (κ1) is 17.0. The maximum Gasteiger partial charge on any atom is 0.277 e. The Labute approximate surface area is 149 Å².